The molecule has 1 aliphatic carbocycles. The number of hydrogen-bond donors (Lipinski definition) is 0. The van der Waals surface area contributed by atoms with E-state index in [1.54, 1.807) is 4.80 Å². The topological polar surface area (TPSA) is 43.6 Å². The molecule has 1 fully saturated rings. The molecule has 0 aromatic carbocycles. The van der Waals surface area contributed by atoms with Crippen LogP contribution in [0.2, 0.25) is 0 Å². The summed E-state index contributed by atoms with van der Waals surface area (Å²) in [7, 11) is 0. The molecule has 0 aliphatic heterocycles. The lowest BCUT2D eigenvalue weighted by Gasteiger charge is -2.03. The van der Waals surface area contributed by atoms with Gasteiger partial charge in [0.05, 0.1) is 6.04 Å². The summed E-state index contributed by atoms with van der Waals surface area (Å²) in [5.41, 5.74) is 0. The third-order valence-electron chi connectivity index (χ3n) is 2.02. The number of tetrazole rings is 1. The summed E-state index contributed by atoms with van der Waals surface area (Å²) in [4.78, 5) is 1.73. The van der Waals surface area contributed by atoms with E-state index in [0.717, 1.165) is 0 Å². The van der Waals surface area contributed by atoms with Gasteiger partial charge in [-0.25, -0.2) is 0 Å². The van der Waals surface area contributed by atoms with E-state index in [4.69, 9.17) is 0 Å². The number of hydrogen-bond acceptors (Lipinski definition) is 3. The van der Waals surface area contributed by atoms with Crippen LogP contribution in [0, 0.1) is 0 Å². The molecule has 0 spiro atoms. The molecule has 54 valence electrons. The van der Waals surface area contributed by atoms with E-state index in [9.17, 15) is 0 Å². The van der Waals surface area contributed by atoms with Crippen molar-refractivity contribution in [2.24, 2.45) is 0 Å². The van der Waals surface area contributed by atoms with Crippen LogP contribution >= 0.6 is 0 Å². The summed E-state index contributed by atoms with van der Waals surface area (Å²) in [5, 5.41) is 11.5. The maximum atomic E-state index is 3.99. The monoisotopic (exact) mass is 138 g/mol. The van der Waals surface area contributed by atoms with Gasteiger partial charge in [0.15, 0.2) is 6.33 Å². The number of rotatable bonds is 1. The Morgan fingerprint density at radius 2 is 2.10 bits per heavy atom. The van der Waals surface area contributed by atoms with Gasteiger partial charge in [0.1, 0.15) is 0 Å². The van der Waals surface area contributed by atoms with Gasteiger partial charge >= 0.3 is 0 Å². The van der Waals surface area contributed by atoms with Gasteiger partial charge in [-0.2, -0.15) is 4.80 Å². The highest BCUT2D eigenvalue weighted by atomic mass is 15.6. The van der Waals surface area contributed by atoms with Crippen molar-refractivity contribution in [3.63, 3.8) is 0 Å². The Bertz CT molecular complexity index is 188. The Kier molecular flexibility index (Phi) is 1.38. The average molecular weight is 138 g/mol. The molecule has 0 N–H and O–H groups in total. The lowest BCUT2D eigenvalue weighted by Crippen LogP contribution is -2.08. The fourth-order valence-corrected chi connectivity index (χ4v) is 1.48. The molecule has 1 aromatic heterocycles. The minimum Gasteiger partial charge on any atom is -0.161 e. The fourth-order valence-electron chi connectivity index (χ4n) is 1.48. The van der Waals surface area contributed by atoms with Gasteiger partial charge in [0.25, 0.3) is 0 Å². The summed E-state index contributed by atoms with van der Waals surface area (Å²) in [5.74, 6) is 0. The molecule has 0 amide bonds. The van der Waals surface area contributed by atoms with Gasteiger partial charge in [-0.3, -0.25) is 0 Å². The van der Waals surface area contributed by atoms with Crippen molar-refractivity contribution in [2.75, 3.05) is 0 Å². The molecule has 0 bridgehead atoms. The van der Waals surface area contributed by atoms with Crippen LogP contribution in [-0.4, -0.2) is 20.2 Å². The maximum absolute atomic E-state index is 3.99. The molecule has 0 saturated heterocycles. The second kappa shape index (κ2) is 2.36. The van der Waals surface area contributed by atoms with Crippen molar-refractivity contribution in [1.82, 2.24) is 20.2 Å². The van der Waals surface area contributed by atoms with Gasteiger partial charge in [0.2, 0.25) is 0 Å². The minimum absolute atomic E-state index is 0.530. The molecular formula is C6H10N4. The highest BCUT2D eigenvalue weighted by Crippen LogP contribution is 2.27. The van der Waals surface area contributed by atoms with E-state index < -0.39 is 0 Å². The third-order valence-corrected chi connectivity index (χ3v) is 2.02. The molecule has 1 aliphatic rings. The number of nitrogens with zero attached hydrogens (tertiary/aromatic N) is 4. The molecular weight excluding hydrogens is 128 g/mol. The van der Waals surface area contributed by atoms with Gasteiger partial charge in [-0.05, 0) is 18.1 Å². The smallest absolute Gasteiger partial charge is 0.161 e. The Hall–Kier alpha value is -0.930. The first-order valence-corrected chi connectivity index (χ1v) is 3.69. The van der Waals surface area contributed by atoms with Crippen LogP contribution in [0.4, 0.5) is 0 Å². The van der Waals surface area contributed by atoms with Crippen molar-refractivity contribution in [2.45, 2.75) is 31.7 Å². The Labute approximate surface area is 59.2 Å². The van der Waals surface area contributed by atoms with Crippen molar-refractivity contribution in [3.05, 3.63) is 6.33 Å². The van der Waals surface area contributed by atoms with Crippen LogP contribution in [0.1, 0.15) is 31.7 Å². The largest absolute Gasteiger partial charge is 0.162 e. The summed E-state index contributed by atoms with van der Waals surface area (Å²) < 4.78 is 0. The fraction of sp³-hybridized carbons (Fsp3) is 0.833. The summed E-state index contributed by atoms with van der Waals surface area (Å²) in [6, 6.07) is 0.530. The molecule has 2 rings (SSSR count). The van der Waals surface area contributed by atoms with E-state index in [1.165, 1.54) is 32.0 Å². The van der Waals surface area contributed by atoms with Gasteiger partial charge in [-0.1, -0.05) is 12.8 Å². The van der Waals surface area contributed by atoms with Crippen LogP contribution < -0.4 is 0 Å². The van der Waals surface area contributed by atoms with E-state index in [2.05, 4.69) is 15.4 Å². The first kappa shape index (κ1) is 5.82. The first-order chi connectivity index (χ1) is 4.97. The zero-order valence-electron chi connectivity index (χ0n) is 5.77. The maximum Gasteiger partial charge on any atom is 0.162 e. The zero-order chi connectivity index (χ0) is 6.81. The second-order valence-corrected chi connectivity index (χ2v) is 2.69. The molecule has 0 radical (unpaired) electrons. The SMILES string of the molecule is c1nnn(C2CCCC2)n1. The van der Waals surface area contributed by atoms with Crippen LogP contribution in [0.25, 0.3) is 0 Å². The van der Waals surface area contributed by atoms with E-state index >= 15 is 0 Å². The quantitative estimate of drug-likeness (QED) is 0.576. The molecule has 1 aromatic rings. The Balaban J connectivity index is 2.12. The van der Waals surface area contributed by atoms with Crippen LogP contribution in [-0.2, 0) is 0 Å². The second-order valence-electron chi connectivity index (χ2n) is 2.69. The zero-order valence-corrected chi connectivity index (χ0v) is 5.77. The predicted molar refractivity (Wildman–Crippen MR) is 35.3 cm³/mol. The minimum atomic E-state index is 0.530. The average Bonchev–Trinajstić information content (AvgIpc) is 2.59. The molecule has 0 unspecified atom stereocenters. The van der Waals surface area contributed by atoms with Crippen molar-refractivity contribution < 1.29 is 0 Å². The van der Waals surface area contributed by atoms with E-state index in [0.29, 0.717) is 6.04 Å². The Morgan fingerprint density at radius 3 is 2.70 bits per heavy atom. The van der Waals surface area contributed by atoms with E-state index in [-0.39, 0.29) is 0 Å². The van der Waals surface area contributed by atoms with Gasteiger partial charge in [-0.15, -0.1) is 10.2 Å². The normalized spacial score (nSPS) is 20.0. The van der Waals surface area contributed by atoms with Crippen LogP contribution in [0.15, 0.2) is 6.33 Å². The standard InChI is InChI=1S/C6H10N4/c1-2-4-6(3-1)10-8-5-7-9-10/h5-6H,1-4H2. The van der Waals surface area contributed by atoms with Crippen molar-refractivity contribution in [1.29, 1.82) is 0 Å². The molecule has 4 nitrogen and oxygen atoms in total. The highest BCUT2D eigenvalue weighted by Gasteiger charge is 2.17. The molecule has 0 atom stereocenters. The molecule has 10 heavy (non-hydrogen) atoms. The third kappa shape index (κ3) is 0.894. The van der Waals surface area contributed by atoms with Crippen molar-refractivity contribution in [3.8, 4) is 0 Å². The number of aromatic nitrogens is 4. The molecule has 4 heteroatoms. The summed E-state index contributed by atoms with van der Waals surface area (Å²) in [6.45, 7) is 0. The molecule has 1 saturated carbocycles. The summed E-state index contributed by atoms with van der Waals surface area (Å²) in [6.07, 6.45) is 6.56. The lowest BCUT2D eigenvalue weighted by molar-refractivity contribution is 0.404. The predicted octanol–water partition coefficient (Wildman–Crippen LogP) is 0.788. The highest BCUT2D eigenvalue weighted by molar-refractivity contribution is 4.68. The van der Waals surface area contributed by atoms with E-state index in [1.807, 2.05) is 0 Å². The van der Waals surface area contributed by atoms with Crippen molar-refractivity contribution >= 4 is 0 Å². The Morgan fingerprint density at radius 1 is 1.30 bits per heavy atom. The van der Waals surface area contributed by atoms with Gasteiger partial charge < -0.3 is 0 Å². The van der Waals surface area contributed by atoms with Gasteiger partial charge in [0, 0.05) is 0 Å². The molecule has 1 heterocycles. The first-order valence-electron chi connectivity index (χ1n) is 3.69. The van der Waals surface area contributed by atoms with Crippen LogP contribution in [0.5, 0.6) is 0 Å². The van der Waals surface area contributed by atoms with Crippen LogP contribution in [0.3, 0.4) is 0 Å². The summed E-state index contributed by atoms with van der Waals surface area (Å²) >= 11 is 0. The lowest BCUT2D eigenvalue weighted by atomic mass is 10.3.